The molecule has 0 heterocycles. The van der Waals surface area contributed by atoms with Crippen molar-refractivity contribution in [3.8, 4) is 0 Å². The molecule has 1 unspecified atom stereocenters. The quantitative estimate of drug-likeness (QED) is 0.547. The number of hydrogen-bond donors (Lipinski definition) is 1. The van der Waals surface area contributed by atoms with Crippen LogP contribution >= 0.6 is 0 Å². The maximum absolute atomic E-state index is 11.9. The largest absolute Gasteiger partial charge is 0.480 e. The van der Waals surface area contributed by atoms with Crippen LogP contribution in [0, 0.1) is 5.41 Å². The van der Waals surface area contributed by atoms with Gasteiger partial charge in [0, 0.05) is 6.42 Å². The number of unbranched alkanes of at least 4 members (excludes halogenated alkanes) is 4. The van der Waals surface area contributed by atoms with Gasteiger partial charge in [-0.25, -0.2) is 0 Å². The summed E-state index contributed by atoms with van der Waals surface area (Å²) in [4.78, 5) is 23.3. The SMILES string of the molecule is CCCCCCCC1(C(=O)O)CCCCC1=O. The molecule has 1 saturated carbocycles. The molecule has 0 aromatic heterocycles. The number of carboxylic acids is 1. The van der Waals surface area contributed by atoms with Crippen molar-refractivity contribution in [3.63, 3.8) is 0 Å². The van der Waals surface area contributed by atoms with Crippen LogP contribution in [0.15, 0.2) is 0 Å². The molecule has 17 heavy (non-hydrogen) atoms. The van der Waals surface area contributed by atoms with Gasteiger partial charge in [0.1, 0.15) is 11.2 Å². The average molecular weight is 240 g/mol. The normalized spacial score (nSPS) is 24.9. The molecule has 1 aliphatic rings. The Morgan fingerprint density at radius 2 is 1.94 bits per heavy atom. The van der Waals surface area contributed by atoms with Crippen LogP contribution in [0.2, 0.25) is 0 Å². The van der Waals surface area contributed by atoms with E-state index in [-0.39, 0.29) is 5.78 Å². The van der Waals surface area contributed by atoms with Crippen molar-refractivity contribution in [1.82, 2.24) is 0 Å². The van der Waals surface area contributed by atoms with Gasteiger partial charge in [-0.2, -0.15) is 0 Å². The number of carbonyl (C=O) groups is 2. The minimum atomic E-state index is -1.04. The van der Waals surface area contributed by atoms with Crippen molar-refractivity contribution in [2.45, 2.75) is 71.1 Å². The topological polar surface area (TPSA) is 54.4 Å². The number of rotatable bonds is 7. The monoisotopic (exact) mass is 240 g/mol. The predicted octanol–water partition coefficient (Wildman–Crippen LogP) is 3.56. The fourth-order valence-corrected chi connectivity index (χ4v) is 2.72. The van der Waals surface area contributed by atoms with Crippen molar-refractivity contribution in [2.24, 2.45) is 5.41 Å². The molecule has 0 aromatic carbocycles. The van der Waals surface area contributed by atoms with Gasteiger partial charge < -0.3 is 5.11 Å². The zero-order valence-electron chi connectivity index (χ0n) is 10.8. The van der Waals surface area contributed by atoms with E-state index in [0.717, 1.165) is 32.1 Å². The number of ketones is 1. The van der Waals surface area contributed by atoms with Gasteiger partial charge in [-0.1, -0.05) is 45.4 Å². The minimum absolute atomic E-state index is 0.0354. The summed E-state index contributed by atoms with van der Waals surface area (Å²) < 4.78 is 0. The zero-order valence-corrected chi connectivity index (χ0v) is 10.8. The number of carboxylic acid groups (broad SMARTS) is 1. The first-order chi connectivity index (χ1) is 8.13. The Balaban J connectivity index is 2.48. The summed E-state index contributed by atoms with van der Waals surface area (Å²) in [5, 5.41) is 9.34. The summed E-state index contributed by atoms with van der Waals surface area (Å²) >= 11 is 0. The van der Waals surface area contributed by atoms with E-state index in [4.69, 9.17) is 0 Å². The van der Waals surface area contributed by atoms with Crippen LogP contribution in [0.25, 0.3) is 0 Å². The Morgan fingerprint density at radius 1 is 1.24 bits per heavy atom. The number of hydrogen-bond acceptors (Lipinski definition) is 2. The molecule has 0 amide bonds. The summed E-state index contributed by atoms with van der Waals surface area (Å²) in [5.41, 5.74) is -1.04. The lowest BCUT2D eigenvalue weighted by Gasteiger charge is -2.31. The van der Waals surface area contributed by atoms with E-state index in [1.807, 2.05) is 0 Å². The highest BCUT2D eigenvalue weighted by atomic mass is 16.4. The van der Waals surface area contributed by atoms with E-state index < -0.39 is 11.4 Å². The third kappa shape index (κ3) is 3.55. The number of carbonyl (C=O) groups excluding carboxylic acids is 1. The molecule has 3 nitrogen and oxygen atoms in total. The fraction of sp³-hybridized carbons (Fsp3) is 0.857. The highest BCUT2D eigenvalue weighted by molar-refractivity contribution is 6.03. The van der Waals surface area contributed by atoms with Crippen LogP contribution < -0.4 is 0 Å². The second-order valence-electron chi connectivity index (χ2n) is 5.18. The van der Waals surface area contributed by atoms with Crippen LogP contribution in [0.5, 0.6) is 0 Å². The van der Waals surface area contributed by atoms with Crippen LogP contribution in [0.4, 0.5) is 0 Å². The summed E-state index contributed by atoms with van der Waals surface area (Å²) in [5.74, 6) is -0.926. The molecule has 1 aliphatic carbocycles. The smallest absolute Gasteiger partial charge is 0.317 e. The molecule has 0 aromatic rings. The Labute approximate surface area is 104 Å². The van der Waals surface area contributed by atoms with E-state index in [1.165, 1.54) is 12.8 Å². The first-order valence-electron chi connectivity index (χ1n) is 6.90. The molecule has 1 N–H and O–H groups in total. The van der Waals surface area contributed by atoms with Gasteiger partial charge in [-0.05, 0) is 19.3 Å². The van der Waals surface area contributed by atoms with E-state index in [2.05, 4.69) is 6.92 Å². The molecular formula is C14H24O3. The maximum Gasteiger partial charge on any atom is 0.317 e. The third-order valence-corrected chi connectivity index (χ3v) is 3.91. The van der Waals surface area contributed by atoms with Gasteiger partial charge in [0.2, 0.25) is 0 Å². The highest BCUT2D eigenvalue weighted by Gasteiger charge is 2.45. The summed E-state index contributed by atoms with van der Waals surface area (Å²) in [6.07, 6.45) is 8.77. The van der Waals surface area contributed by atoms with Crippen molar-refractivity contribution < 1.29 is 14.7 Å². The van der Waals surface area contributed by atoms with E-state index >= 15 is 0 Å². The van der Waals surface area contributed by atoms with Crippen LogP contribution in [-0.2, 0) is 9.59 Å². The van der Waals surface area contributed by atoms with Crippen molar-refractivity contribution in [1.29, 1.82) is 0 Å². The lowest BCUT2D eigenvalue weighted by molar-refractivity contribution is -0.157. The Morgan fingerprint density at radius 3 is 2.53 bits per heavy atom. The zero-order chi connectivity index (χ0) is 12.7. The Hall–Kier alpha value is -0.860. The van der Waals surface area contributed by atoms with Gasteiger partial charge in [-0.3, -0.25) is 9.59 Å². The molecule has 0 aliphatic heterocycles. The maximum atomic E-state index is 11.9. The van der Waals surface area contributed by atoms with Gasteiger partial charge >= 0.3 is 5.97 Å². The van der Waals surface area contributed by atoms with Crippen LogP contribution in [0.1, 0.15) is 71.1 Å². The lowest BCUT2D eigenvalue weighted by Crippen LogP contribution is -2.41. The van der Waals surface area contributed by atoms with Crippen molar-refractivity contribution in [3.05, 3.63) is 0 Å². The second-order valence-corrected chi connectivity index (χ2v) is 5.18. The van der Waals surface area contributed by atoms with Crippen molar-refractivity contribution >= 4 is 11.8 Å². The standard InChI is InChI=1S/C14H24O3/c1-2-3-4-5-7-10-14(13(16)17)11-8-6-9-12(14)15/h2-11H2,1H3,(H,16,17). The van der Waals surface area contributed by atoms with Crippen molar-refractivity contribution in [2.75, 3.05) is 0 Å². The Bertz CT molecular complexity index is 273. The van der Waals surface area contributed by atoms with Gasteiger partial charge in [0.25, 0.3) is 0 Å². The van der Waals surface area contributed by atoms with E-state index in [1.54, 1.807) is 0 Å². The molecule has 1 rings (SSSR count). The molecule has 3 heteroatoms. The van der Waals surface area contributed by atoms with Gasteiger partial charge in [0.05, 0.1) is 0 Å². The summed E-state index contributed by atoms with van der Waals surface area (Å²) in [6, 6.07) is 0. The van der Waals surface area contributed by atoms with Gasteiger partial charge in [0.15, 0.2) is 0 Å². The molecule has 0 bridgehead atoms. The fourth-order valence-electron chi connectivity index (χ4n) is 2.72. The predicted molar refractivity (Wildman–Crippen MR) is 66.9 cm³/mol. The first kappa shape index (κ1) is 14.2. The first-order valence-corrected chi connectivity index (χ1v) is 6.90. The molecule has 1 fully saturated rings. The van der Waals surface area contributed by atoms with E-state index in [0.29, 0.717) is 19.3 Å². The van der Waals surface area contributed by atoms with Crippen LogP contribution in [0.3, 0.4) is 0 Å². The molecular weight excluding hydrogens is 216 g/mol. The summed E-state index contributed by atoms with van der Waals surface area (Å²) in [6.45, 7) is 2.16. The highest BCUT2D eigenvalue weighted by Crippen LogP contribution is 2.38. The minimum Gasteiger partial charge on any atom is -0.480 e. The number of aliphatic carboxylic acids is 1. The summed E-state index contributed by atoms with van der Waals surface area (Å²) in [7, 11) is 0. The van der Waals surface area contributed by atoms with Crippen LogP contribution in [-0.4, -0.2) is 16.9 Å². The molecule has 0 saturated heterocycles. The Kier molecular flexibility index (Phi) is 5.66. The molecule has 98 valence electrons. The second kappa shape index (κ2) is 6.77. The average Bonchev–Trinajstić information content (AvgIpc) is 2.31. The molecule has 1 atom stereocenters. The lowest BCUT2D eigenvalue weighted by atomic mass is 9.70. The third-order valence-electron chi connectivity index (χ3n) is 3.91. The molecule has 0 spiro atoms. The van der Waals surface area contributed by atoms with E-state index in [9.17, 15) is 14.7 Å². The number of Topliss-reactive ketones (excluding diaryl/α,β-unsaturated/α-hetero) is 1. The van der Waals surface area contributed by atoms with Gasteiger partial charge in [-0.15, -0.1) is 0 Å². The molecule has 0 radical (unpaired) electrons.